The van der Waals surface area contributed by atoms with Gasteiger partial charge in [-0.1, -0.05) is 18.2 Å². The van der Waals surface area contributed by atoms with Gasteiger partial charge >= 0.3 is 0 Å². The highest BCUT2D eigenvalue weighted by atomic mass is 32.2. The van der Waals surface area contributed by atoms with E-state index in [-0.39, 0.29) is 11.7 Å². The van der Waals surface area contributed by atoms with Crippen molar-refractivity contribution < 1.29 is 18.7 Å². The molecule has 8 nitrogen and oxygen atoms in total. The van der Waals surface area contributed by atoms with Gasteiger partial charge in [0.25, 0.3) is 0 Å². The molecule has 35 heavy (non-hydrogen) atoms. The lowest BCUT2D eigenvalue weighted by atomic mass is 10.1. The van der Waals surface area contributed by atoms with Gasteiger partial charge in [-0.05, 0) is 57.1 Å². The Kier molecular flexibility index (Phi) is 8.25. The fourth-order valence-corrected chi connectivity index (χ4v) is 4.87. The summed E-state index contributed by atoms with van der Waals surface area (Å²) in [4.78, 5) is 15.4. The number of piperidine rings is 1. The van der Waals surface area contributed by atoms with Crippen molar-refractivity contribution in [3.05, 3.63) is 54.1 Å². The average Bonchev–Trinajstić information content (AvgIpc) is 3.26. The third-order valence-electron chi connectivity index (χ3n) is 5.87. The SMILES string of the molecule is COc1cc(NC(=O)[C@H](C)Sc2nnc(CN3CCCCC3)n2-c2ccc(F)cc2)cc(OC)c1. The van der Waals surface area contributed by atoms with Crippen LogP contribution >= 0.6 is 11.8 Å². The summed E-state index contributed by atoms with van der Waals surface area (Å²) >= 11 is 1.30. The number of hydrogen-bond acceptors (Lipinski definition) is 7. The fraction of sp³-hybridized carbons (Fsp3) is 0.400. The van der Waals surface area contributed by atoms with E-state index < -0.39 is 5.25 Å². The summed E-state index contributed by atoms with van der Waals surface area (Å²) in [6, 6.07) is 11.4. The molecule has 1 aliphatic heterocycles. The quantitative estimate of drug-likeness (QED) is 0.433. The highest BCUT2D eigenvalue weighted by Gasteiger charge is 2.23. The summed E-state index contributed by atoms with van der Waals surface area (Å²) in [5.41, 5.74) is 1.33. The van der Waals surface area contributed by atoms with Gasteiger partial charge in [-0.2, -0.15) is 0 Å². The number of halogens is 1. The second-order valence-electron chi connectivity index (χ2n) is 8.40. The first-order valence-electron chi connectivity index (χ1n) is 11.6. The number of methoxy groups -OCH3 is 2. The third kappa shape index (κ3) is 6.32. The Morgan fingerprint density at radius 2 is 1.71 bits per heavy atom. The number of carbonyl (C=O) groups excluding carboxylic acids is 1. The Bertz CT molecular complexity index is 1130. The molecule has 0 radical (unpaired) electrons. The zero-order chi connectivity index (χ0) is 24.8. The summed E-state index contributed by atoms with van der Waals surface area (Å²) in [5, 5.41) is 11.9. The van der Waals surface area contributed by atoms with Crippen molar-refractivity contribution in [1.82, 2.24) is 19.7 Å². The van der Waals surface area contributed by atoms with Gasteiger partial charge in [0.1, 0.15) is 17.3 Å². The number of aromatic nitrogens is 3. The van der Waals surface area contributed by atoms with Crippen molar-refractivity contribution in [2.75, 3.05) is 32.6 Å². The Balaban J connectivity index is 1.54. The molecule has 4 rings (SSSR count). The van der Waals surface area contributed by atoms with Gasteiger partial charge in [-0.3, -0.25) is 14.3 Å². The maximum Gasteiger partial charge on any atom is 0.237 e. The summed E-state index contributed by atoms with van der Waals surface area (Å²) in [7, 11) is 3.12. The first kappa shape index (κ1) is 25.0. The number of carbonyl (C=O) groups is 1. The number of rotatable bonds is 9. The van der Waals surface area contributed by atoms with Crippen molar-refractivity contribution in [3.63, 3.8) is 0 Å². The van der Waals surface area contributed by atoms with Crippen molar-refractivity contribution >= 4 is 23.4 Å². The molecule has 1 atom stereocenters. The second kappa shape index (κ2) is 11.5. The molecule has 1 aromatic heterocycles. The fourth-order valence-electron chi connectivity index (χ4n) is 3.98. The molecule has 1 saturated heterocycles. The topological polar surface area (TPSA) is 81.5 Å². The number of benzene rings is 2. The lowest BCUT2D eigenvalue weighted by molar-refractivity contribution is -0.115. The Labute approximate surface area is 208 Å². The minimum atomic E-state index is -0.474. The van der Waals surface area contributed by atoms with Gasteiger partial charge in [0, 0.05) is 29.6 Å². The van der Waals surface area contributed by atoms with Crippen LogP contribution in [0, 0.1) is 5.82 Å². The molecule has 10 heteroatoms. The second-order valence-corrected chi connectivity index (χ2v) is 9.71. The normalized spacial score (nSPS) is 15.0. The summed E-state index contributed by atoms with van der Waals surface area (Å²) in [5.74, 6) is 1.43. The number of likely N-dealkylation sites (tertiary alicyclic amines) is 1. The van der Waals surface area contributed by atoms with E-state index in [2.05, 4.69) is 20.4 Å². The molecule has 186 valence electrons. The largest absolute Gasteiger partial charge is 0.497 e. The van der Waals surface area contributed by atoms with E-state index in [1.807, 2.05) is 11.5 Å². The van der Waals surface area contributed by atoms with Gasteiger partial charge in [0.2, 0.25) is 5.91 Å². The van der Waals surface area contributed by atoms with Crippen LogP contribution in [0.4, 0.5) is 10.1 Å². The lowest BCUT2D eigenvalue weighted by Gasteiger charge is -2.26. The maximum atomic E-state index is 13.6. The minimum Gasteiger partial charge on any atom is -0.497 e. The van der Waals surface area contributed by atoms with Crippen molar-refractivity contribution in [1.29, 1.82) is 0 Å². The average molecular weight is 500 g/mol. The van der Waals surface area contributed by atoms with Gasteiger partial charge < -0.3 is 14.8 Å². The molecule has 0 spiro atoms. The van der Waals surface area contributed by atoms with Crippen molar-refractivity contribution in [2.45, 2.75) is 43.1 Å². The number of nitrogens with one attached hydrogen (secondary N) is 1. The van der Waals surface area contributed by atoms with E-state index in [0.717, 1.165) is 24.6 Å². The van der Waals surface area contributed by atoms with E-state index in [0.29, 0.717) is 28.9 Å². The first-order valence-corrected chi connectivity index (χ1v) is 12.5. The van der Waals surface area contributed by atoms with Crippen LogP contribution in [0.2, 0.25) is 0 Å². The molecule has 1 N–H and O–H groups in total. The Hall–Kier alpha value is -3.11. The molecule has 1 amide bonds. The number of nitrogens with zero attached hydrogens (tertiary/aromatic N) is 4. The first-order chi connectivity index (χ1) is 17.0. The van der Waals surface area contributed by atoms with E-state index in [4.69, 9.17) is 9.47 Å². The predicted octanol–water partition coefficient (Wildman–Crippen LogP) is 4.53. The molecule has 3 aromatic rings. The molecule has 0 bridgehead atoms. The third-order valence-corrected chi connectivity index (χ3v) is 6.91. The summed E-state index contributed by atoms with van der Waals surface area (Å²) in [6.07, 6.45) is 3.57. The van der Waals surface area contributed by atoms with E-state index in [1.165, 1.54) is 43.2 Å². The number of hydrogen-bond donors (Lipinski definition) is 1. The lowest BCUT2D eigenvalue weighted by Crippen LogP contribution is -2.30. The smallest absolute Gasteiger partial charge is 0.237 e. The Morgan fingerprint density at radius 3 is 2.34 bits per heavy atom. The number of ether oxygens (including phenoxy) is 2. The summed E-state index contributed by atoms with van der Waals surface area (Å²) < 4.78 is 26.1. The van der Waals surface area contributed by atoms with E-state index in [9.17, 15) is 9.18 Å². The predicted molar refractivity (Wildman–Crippen MR) is 134 cm³/mol. The molecule has 1 fully saturated rings. The molecule has 0 aliphatic carbocycles. The number of amides is 1. The van der Waals surface area contributed by atoms with Crippen LogP contribution in [-0.2, 0) is 11.3 Å². The molecule has 2 heterocycles. The van der Waals surface area contributed by atoms with Crippen LogP contribution in [0.3, 0.4) is 0 Å². The standard InChI is InChI=1S/C25H30FN5O3S/c1-17(24(32)27-19-13-21(33-2)15-22(14-19)34-3)35-25-29-28-23(16-30-11-5-4-6-12-30)31(25)20-9-7-18(26)8-10-20/h7-10,13-15,17H,4-6,11-12,16H2,1-3H3,(H,27,32)/t17-/m0/s1. The van der Waals surface area contributed by atoms with Gasteiger partial charge in [-0.15, -0.1) is 10.2 Å². The van der Waals surface area contributed by atoms with Crippen LogP contribution in [0.25, 0.3) is 5.69 Å². The van der Waals surface area contributed by atoms with Crippen LogP contribution in [0.5, 0.6) is 11.5 Å². The molecule has 2 aromatic carbocycles. The zero-order valence-corrected chi connectivity index (χ0v) is 21.0. The van der Waals surface area contributed by atoms with Crippen LogP contribution < -0.4 is 14.8 Å². The maximum absolute atomic E-state index is 13.6. The molecule has 1 aliphatic rings. The molecular formula is C25H30FN5O3S. The van der Waals surface area contributed by atoms with Crippen LogP contribution in [0.1, 0.15) is 32.0 Å². The van der Waals surface area contributed by atoms with E-state index >= 15 is 0 Å². The van der Waals surface area contributed by atoms with Gasteiger partial charge in [0.05, 0.1) is 26.0 Å². The number of thioether (sulfide) groups is 1. The molecule has 0 unspecified atom stereocenters. The highest BCUT2D eigenvalue weighted by molar-refractivity contribution is 8.00. The highest BCUT2D eigenvalue weighted by Crippen LogP contribution is 2.29. The number of anilines is 1. The van der Waals surface area contributed by atoms with Crippen LogP contribution in [-0.4, -0.2) is 58.1 Å². The van der Waals surface area contributed by atoms with Gasteiger partial charge in [-0.25, -0.2) is 4.39 Å². The van der Waals surface area contributed by atoms with Crippen LogP contribution in [0.15, 0.2) is 47.6 Å². The Morgan fingerprint density at radius 1 is 1.06 bits per heavy atom. The molecule has 0 saturated carbocycles. The monoisotopic (exact) mass is 499 g/mol. The zero-order valence-electron chi connectivity index (χ0n) is 20.2. The minimum absolute atomic E-state index is 0.198. The van der Waals surface area contributed by atoms with Crippen molar-refractivity contribution in [3.8, 4) is 17.2 Å². The molecular weight excluding hydrogens is 469 g/mol. The summed E-state index contributed by atoms with van der Waals surface area (Å²) in [6.45, 7) is 4.49. The van der Waals surface area contributed by atoms with E-state index in [1.54, 1.807) is 44.6 Å². The van der Waals surface area contributed by atoms with Gasteiger partial charge in [0.15, 0.2) is 11.0 Å². The van der Waals surface area contributed by atoms with Crippen molar-refractivity contribution in [2.24, 2.45) is 0 Å².